The number of aromatic amines is 1. The van der Waals surface area contributed by atoms with Crippen LogP contribution in [0.2, 0.25) is 0 Å². The smallest absolute Gasteiger partial charge is 0.258 e. The molecule has 4 rings (SSSR count). The lowest BCUT2D eigenvalue weighted by Gasteiger charge is -2.13. The highest BCUT2D eigenvalue weighted by molar-refractivity contribution is 5.85. The number of fused-ring (bicyclic) bond motifs is 1. The first-order valence-electron chi connectivity index (χ1n) is 10.3. The van der Waals surface area contributed by atoms with E-state index in [1.54, 1.807) is 4.57 Å². The Labute approximate surface area is 176 Å². The molecule has 4 aromatic rings. The van der Waals surface area contributed by atoms with Gasteiger partial charge in [-0.3, -0.25) is 14.9 Å². The summed E-state index contributed by atoms with van der Waals surface area (Å²) in [5, 5.41) is 11.8. The van der Waals surface area contributed by atoms with Crippen molar-refractivity contribution in [3.63, 3.8) is 0 Å². The van der Waals surface area contributed by atoms with Crippen LogP contribution in [0.3, 0.4) is 0 Å². The maximum atomic E-state index is 13.1. The summed E-state index contributed by atoms with van der Waals surface area (Å²) in [4.78, 5) is 17.5. The molecule has 3 aromatic heterocycles. The van der Waals surface area contributed by atoms with Gasteiger partial charge in [-0.1, -0.05) is 19.9 Å². The molecule has 0 radical (unpaired) electrons. The minimum atomic E-state index is -0.0211. The van der Waals surface area contributed by atoms with Crippen molar-refractivity contribution >= 4 is 22.4 Å². The lowest BCUT2D eigenvalue weighted by atomic mass is 9.99. The van der Waals surface area contributed by atoms with Gasteiger partial charge in [0.25, 0.3) is 5.56 Å². The second kappa shape index (κ2) is 7.78. The number of benzene rings is 1. The van der Waals surface area contributed by atoms with Crippen LogP contribution in [0.15, 0.2) is 47.4 Å². The lowest BCUT2D eigenvalue weighted by molar-refractivity contribution is 0.703. The number of pyridine rings is 2. The number of anilines is 2. The zero-order valence-electron chi connectivity index (χ0n) is 18.1. The summed E-state index contributed by atoms with van der Waals surface area (Å²) in [5.74, 6) is 1.20. The van der Waals surface area contributed by atoms with E-state index in [4.69, 9.17) is 0 Å². The highest BCUT2D eigenvalue weighted by Crippen LogP contribution is 2.28. The molecule has 6 heteroatoms. The van der Waals surface area contributed by atoms with E-state index in [-0.39, 0.29) is 5.56 Å². The van der Waals surface area contributed by atoms with E-state index in [0.29, 0.717) is 11.5 Å². The SMILES string of the molecule is CCC(C)c1cc(Nc2ccc(C)c(-c3cc4cnc(C)cc4n(C)c3=O)c2)n[nH]1. The van der Waals surface area contributed by atoms with Crippen molar-refractivity contribution in [2.45, 2.75) is 40.0 Å². The molecule has 1 atom stereocenters. The third kappa shape index (κ3) is 3.61. The number of hydrogen-bond donors (Lipinski definition) is 2. The number of H-pyrrole nitrogens is 1. The predicted molar refractivity (Wildman–Crippen MR) is 122 cm³/mol. The van der Waals surface area contributed by atoms with Crippen LogP contribution in [0.1, 0.15) is 43.1 Å². The summed E-state index contributed by atoms with van der Waals surface area (Å²) in [7, 11) is 1.81. The number of hydrogen-bond acceptors (Lipinski definition) is 4. The minimum absolute atomic E-state index is 0.0211. The first kappa shape index (κ1) is 19.9. The van der Waals surface area contributed by atoms with Crippen molar-refractivity contribution in [2.24, 2.45) is 7.05 Å². The number of rotatable bonds is 5. The second-order valence-electron chi connectivity index (χ2n) is 7.98. The van der Waals surface area contributed by atoms with Crippen molar-refractivity contribution < 1.29 is 0 Å². The summed E-state index contributed by atoms with van der Waals surface area (Å²) in [6.45, 7) is 8.28. The van der Waals surface area contributed by atoms with Gasteiger partial charge in [-0.15, -0.1) is 0 Å². The van der Waals surface area contributed by atoms with Crippen LogP contribution in [0.25, 0.3) is 22.0 Å². The number of nitrogens with zero attached hydrogens (tertiary/aromatic N) is 3. The molecule has 0 aliphatic carbocycles. The molecule has 6 nitrogen and oxygen atoms in total. The van der Waals surface area contributed by atoms with Gasteiger partial charge in [0, 0.05) is 47.3 Å². The third-order valence-corrected chi connectivity index (χ3v) is 5.79. The zero-order valence-corrected chi connectivity index (χ0v) is 18.1. The third-order valence-electron chi connectivity index (χ3n) is 5.79. The first-order chi connectivity index (χ1) is 14.4. The Kier molecular flexibility index (Phi) is 5.16. The fraction of sp³-hybridized carbons (Fsp3) is 0.292. The van der Waals surface area contributed by atoms with Gasteiger partial charge in [0.2, 0.25) is 0 Å². The van der Waals surface area contributed by atoms with Gasteiger partial charge in [0.15, 0.2) is 5.82 Å². The molecule has 0 aliphatic heterocycles. The van der Waals surface area contributed by atoms with Crippen LogP contribution in [0.4, 0.5) is 11.5 Å². The Morgan fingerprint density at radius 2 is 1.93 bits per heavy atom. The standard InChI is InChI=1S/C24H27N5O/c1-6-14(2)21-12-23(28-27-21)26-18-8-7-15(3)19(11-18)20-10-17-13-25-16(4)9-22(17)29(5)24(20)30/h7-14H,6H2,1-5H3,(H2,26,27,28). The zero-order chi connectivity index (χ0) is 21.4. The Bertz CT molecular complexity index is 1280. The van der Waals surface area contributed by atoms with Crippen molar-refractivity contribution in [2.75, 3.05) is 5.32 Å². The molecule has 0 saturated carbocycles. The molecule has 154 valence electrons. The average molecular weight is 402 g/mol. The lowest BCUT2D eigenvalue weighted by Crippen LogP contribution is -2.19. The van der Waals surface area contributed by atoms with Crippen molar-refractivity contribution in [3.8, 4) is 11.1 Å². The van der Waals surface area contributed by atoms with Crippen LogP contribution in [0.5, 0.6) is 0 Å². The van der Waals surface area contributed by atoms with E-state index in [1.165, 1.54) is 0 Å². The molecule has 30 heavy (non-hydrogen) atoms. The van der Waals surface area contributed by atoms with E-state index in [0.717, 1.165) is 51.3 Å². The maximum Gasteiger partial charge on any atom is 0.258 e. The van der Waals surface area contributed by atoms with Gasteiger partial charge in [-0.2, -0.15) is 5.10 Å². The summed E-state index contributed by atoms with van der Waals surface area (Å²) < 4.78 is 1.70. The first-order valence-corrected chi connectivity index (χ1v) is 10.3. The summed E-state index contributed by atoms with van der Waals surface area (Å²) in [6, 6.07) is 12.0. The van der Waals surface area contributed by atoms with E-state index in [1.807, 2.05) is 63.5 Å². The normalized spacial score (nSPS) is 12.3. The van der Waals surface area contributed by atoms with Crippen molar-refractivity contribution in [1.82, 2.24) is 19.7 Å². The Morgan fingerprint density at radius 3 is 2.70 bits per heavy atom. The molecule has 0 spiro atoms. The summed E-state index contributed by atoms with van der Waals surface area (Å²) >= 11 is 0. The quantitative estimate of drug-likeness (QED) is 0.482. The summed E-state index contributed by atoms with van der Waals surface area (Å²) in [6.07, 6.45) is 2.88. The number of aromatic nitrogens is 4. The molecule has 0 aliphatic rings. The fourth-order valence-corrected chi connectivity index (χ4v) is 3.67. The fourth-order valence-electron chi connectivity index (χ4n) is 3.67. The molecule has 0 saturated heterocycles. The molecule has 1 aromatic carbocycles. The highest BCUT2D eigenvalue weighted by atomic mass is 16.1. The van der Waals surface area contributed by atoms with Gasteiger partial charge in [0.05, 0.1) is 5.52 Å². The van der Waals surface area contributed by atoms with Gasteiger partial charge in [-0.05, 0) is 61.6 Å². The van der Waals surface area contributed by atoms with E-state index in [9.17, 15) is 4.79 Å². The van der Waals surface area contributed by atoms with Crippen LogP contribution < -0.4 is 10.9 Å². The van der Waals surface area contributed by atoms with Gasteiger partial charge in [0.1, 0.15) is 0 Å². The molecule has 0 bridgehead atoms. The molecule has 0 amide bonds. The van der Waals surface area contributed by atoms with Gasteiger partial charge in [-0.25, -0.2) is 0 Å². The van der Waals surface area contributed by atoms with Crippen molar-refractivity contribution in [1.29, 1.82) is 0 Å². The van der Waals surface area contributed by atoms with Gasteiger partial charge >= 0.3 is 0 Å². The topological polar surface area (TPSA) is 75.6 Å². The van der Waals surface area contributed by atoms with Crippen LogP contribution in [-0.4, -0.2) is 19.7 Å². The molecule has 0 fully saturated rings. The molecular weight excluding hydrogens is 374 g/mol. The van der Waals surface area contributed by atoms with Crippen LogP contribution in [-0.2, 0) is 7.05 Å². The minimum Gasteiger partial charge on any atom is -0.339 e. The van der Waals surface area contributed by atoms with E-state index < -0.39 is 0 Å². The van der Waals surface area contributed by atoms with E-state index in [2.05, 4.69) is 34.3 Å². The monoisotopic (exact) mass is 401 g/mol. The van der Waals surface area contributed by atoms with Crippen LogP contribution in [0, 0.1) is 13.8 Å². The van der Waals surface area contributed by atoms with Gasteiger partial charge < -0.3 is 9.88 Å². The predicted octanol–water partition coefficient (Wildman–Crippen LogP) is 5.20. The maximum absolute atomic E-state index is 13.1. The average Bonchev–Trinajstić information content (AvgIpc) is 3.20. The Hall–Kier alpha value is -3.41. The largest absolute Gasteiger partial charge is 0.339 e. The number of nitrogens with one attached hydrogen (secondary N) is 2. The Balaban J connectivity index is 1.75. The summed E-state index contributed by atoms with van der Waals surface area (Å²) in [5.41, 5.74) is 6.37. The molecular formula is C24H27N5O. The molecule has 1 unspecified atom stereocenters. The van der Waals surface area contributed by atoms with E-state index >= 15 is 0 Å². The van der Waals surface area contributed by atoms with Crippen LogP contribution >= 0.6 is 0 Å². The highest BCUT2D eigenvalue weighted by Gasteiger charge is 2.13. The Morgan fingerprint density at radius 1 is 1.13 bits per heavy atom. The van der Waals surface area contributed by atoms with Crippen molar-refractivity contribution in [3.05, 3.63) is 69.9 Å². The second-order valence-corrected chi connectivity index (χ2v) is 7.98. The number of aryl methyl sites for hydroxylation is 3. The molecule has 3 heterocycles. The molecule has 2 N–H and O–H groups in total.